The van der Waals surface area contributed by atoms with E-state index in [4.69, 9.17) is 9.72 Å². The first-order chi connectivity index (χ1) is 21.2. The zero-order valence-electron chi connectivity index (χ0n) is 23.7. The fourth-order valence-corrected chi connectivity index (χ4v) is 6.61. The number of hydrogen-bond donors (Lipinski definition) is 0. The van der Waals surface area contributed by atoms with Crippen LogP contribution in [-0.2, 0) is 5.75 Å². The Hall–Kier alpha value is -4.32. The molecule has 6 rings (SSSR count). The third kappa shape index (κ3) is 6.85. The fraction of sp³-hybridized carbons (Fsp3) is 0.219. The lowest BCUT2D eigenvalue weighted by Gasteiger charge is -2.33. The van der Waals surface area contributed by atoms with E-state index in [2.05, 4.69) is 44.4 Å². The van der Waals surface area contributed by atoms with Gasteiger partial charge in [0.15, 0.2) is 11.0 Å². The summed E-state index contributed by atoms with van der Waals surface area (Å²) >= 11 is 3.01. The van der Waals surface area contributed by atoms with E-state index in [9.17, 15) is 4.79 Å². The van der Waals surface area contributed by atoms with Crippen LogP contribution in [0.1, 0.15) is 21.1 Å². The van der Waals surface area contributed by atoms with Crippen LogP contribution in [0.3, 0.4) is 0 Å². The summed E-state index contributed by atoms with van der Waals surface area (Å²) in [6, 6.07) is 21.9. The number of ether oxygens (including phenoxy) is 1. The third-order valence-electron chi connectivity index (χ3n) is 7.11. The number of thioether (sulfide) groups is 1. The minimum absolute atomic E-state index is 0.0111. The normalized spacial score (nSPS) is 13.9. The highest BCUT2D eigenvalue weighted by Gasteiger charge is 2.24. The van der Waals surface area contributed by atoms with Gasteiger partial charge in [-0.05, 0) is 29.8 Å². The molecule has 0 bridgehead atoms. The topological polar surface area (TPSA) is 89.3 Å². The summed E-state index contributed by atoms with van der Waals surface area (Å²) in [5.41, 5.74) is 3.38. The quantitative estimate of drug-likeness (QED) is 0.190. The molecule has 218 valence electrons. The Morgan fingerprint density at radius 3 is 2.60 bits per heavy atom. The Morgan fingerprint density at radius 1 is 1.00 bits per heavy atom. The van der Waals surface area contributed by atoms with E-state index in [-0.39, 0.29) is 5.91 Å². The molecule has 1 aliphatic heterocycles. The molecular weight excluding hydrogens is 579 g/mol. The van der Waals surface area contributed by atoms with Crippen molar-refractivity contribution in [3.8, 4) is 22.8 Å². The van der Waals surface area contributed by atoms with E-state index in [1.54, 1.807) is 19.5 Å². The predicted octanol–water partition coefficient (Wildman–Crippen LogP) is 5.56. The first kappa shape index (κ1) is 28.8. The first-order valence-corrected chi connectivity index (χ1v) is 15.9. The van der Waals surface area contributed by atoms with Crippen molar-refractivity contribution < 1.29 is 9.53 Å². The number of rotatable bonds is 10. The maximum Gasteiger partial charge on any atom is 0.273 e. The molecule has 43 heavy (non-hydrogen) atoms. The van der Waals surface area contributed by atoms with Gasteiger partial charge in [0.25, 0.3) is 5.91 Å². The molecule has 0 aliphatic carbocycles. The number of pyridine rings is 1. The predicted molar refractivity (Wildman–Crippen MR) is 171 cm³/mol. The zero-order valence-corrected chi connectivity index (χ0v) is 25.4. The maximum absolute atomic E-state index is 13.2. The molecule has 0 atom stereocenters. The molecule has 1 fully saturated rings. The van der Waals surface area contributed by atoms with Crippen LogP contribution in [-0.4, -0.2) is 80.3 Å². The van der Waals surface area contributed by atoms with Gasteiger partial charge in [0.2, 0.25) is 0 Å². The number of carbonyl (C=O) groups is 1. The summed E-state index contributed by atoms with van der Waals surface area (Å²) in [6.45, 7) is 3.94. The molecule has 9 nitrogen and oxygen atoms in total. The zero-order chi connectivity index (χ0) is 29.4. The summed E-state index contributed by atoms with van der Waals surface area (Å²) < 4.78 is 7.63. The van der Waals surface area contributed by atoms with Gasteiger partial charge >= 0.3 is 0 Å². The highest BCUT2D eigenvalue weighted by Crippen LogP contribution is 2.33. The van der Waals surface area contributed by atoms with Crippen LogP contribution >= 0.6 is 23.1 Å². The number of hydrogen-bond acceptors (Lipinski definition) is 9. The van der Waals surface area contributed by atoms with Gasteiger partial charge in [-0.25, -0.2) is 4.98 Å². The molecule has 1 amide bonds. The van der Waals surface area contributed by atoms with Crippen LogP contribution in [0.25, 0.3) is 23.2 Å². The van der Waals surface area contributed by atoms with Crippen molar-refractivity contribution in [2.45, 2.75) is 10.9 Å². The number of benzene rings is 2. The van der Waals surface area contributed by atoms with Gasteiger partial charge < -0.3 is 9.64 Å². The third-order valence-corrected chi connectivity index (χ3v) is 9.08. The highest BCUT2D eigenvalue weighted by molar-refractivity contribution is 7.98. The molecule has 1 saturated heterocycles. The van der Waals surface area contributed by atoms with E-state index >= 15 is 0 Å². The summed E-state index contributed by atoms with van der Waals surface area (Å²) in [4.78, 5) is 26.5. The van der Waals surface area contributed by atoms with Crippen molar-refractivity contribution in [1.82, 2.24) is 34.5 Å². The van der Waals surface area contributed by atoms with E-state index in [1.165, 1.54) is 28.7 Å². The second-order valence-corrected chi connectivity index (χ2v) is 11.8. The van der Waals surface area contributed by atoms with Gasteiger partial charge in [-0.2, -0.15) is 0 Å². The largest absolute Gasteiger partial charge is 0.495 e. The number of para-hydroxylation sites is 2. The minimum Gasteiger partial charge on any atom is -0.495 e. The van der Waals surface area contributed by atoms with E-state index in [1.807, 2.05) is 69.4 Å². The van der Waals surface area contributed by atoms with Crippen LogP contribution < -0.4 is 4.74 Å². The number of nitrogens with zero attached hydrogens (tertiary/aromatic N) is 7. The van der Waals surface area contributed by atoms with Crippen LogP contribution in [0.15, 0.2) is 95.7 Å². The first-order valence-electron chi connectivity index (χ1n) is 14.0. The molecular formula is C32H31N7O2S2. The summed E-state index contributed by atoms with van der Waals surface area (Å²) in [7, 11) is 1.65. The number of amides is 1. The Balaban J connectivity index is 1.09. The van der Waals surface area contributed by atoms with Crippen molar-refractivity contribution in [3.63, 3.8) is 0 Å². The molecule has 3 aromatic heterocycles. The molecule has 0 saturated carbocycles. The molecule has 11 heteroatoms. The van der Waals surface area contributed by atoms with Gasteiger partial charge in [-0.3, -0.25) is 19.2 Å². The van der Waals surface area contributed by atoms with Crippen LogP contribution in [0.5, 0.6) is 5.75 Å². The molecule has 0 radical (unpaired) electrons. The van der Waals surface area contributed by atoms with E-state index < -0.39 is 0 Å². The van der Waals surface area contributed by atoms with Gasteiger partial charge in [0.1, 0.15) is 16.5 Å². The smallest absolute Gasteiger partial charge is 0.273 e. The summed E-state index contributed by atoms with van der Waals surface area (Å²) in [5, 5.41) is 12.4. The van der Waals surface area contributed by atoms with Crippen molar-refractivity contribution >= 4 is 35.1 Å². The number of thiazole rings is 1. The lowest BCUT2D eigenvalue weighted by molar-refractivity contribution is 0.0645. The van der Waals surface area contributed by atoms with Gasteiger partial charge in [0.05, 0.1) is 18.6 Å². The van der Waals surface area contributed by atoms with Crippen molar-refractivity contribution in [2.75, 3.05) is 39.8 Å². The Bertz CT molecular complexity index is 1680. The average Bonchev–Trinajstić information content (AvgIpc) is 3.72. The summed E-state index contributed by atoms with van der Waals surface area (Å²) in [5.74, 6) is 1.93. The second kappa shape index (κ2) is 13.8. The van der Waals surface area contributed by atoms with E-state index in [0.717, 1.165) is 35.9 Å². The van der Waals surface area contributed by atoms with Crippen molar-refractivity contribution in [3.05, 3.63) is 107 Å². The van der Waals surface area contributed by atoms with Gasteiger partial charge in [-0.15, -0.1) is 21.5 Å². The van der Waals surface area contributed by atoms with Crippen LogP contribution in [0.4, 0.5) is 0 Å². The number of carbonyl (C=O) groups excluding carboxylic acids is 1. The Morgan fingerprint density at radius 2 is 1.81 bits per heavy atom. The standard InChI is InChI=1S/C32H31N7O2S2/c1-41-28-14-6-5-13-27(28)39-30(25-12-7-15-33-21-25)35-36-32(39)43-23-29-34-26(22-42-29)31(40)38-19-17-37(18-20-38)16-8-11-24-9-3-2-4-10-24/h2-15,21-22H,16-20,23H2,1H3. The van der Waals surface area contributed by atoms with Crippen LogP contribution in [0.2, 0.25) is 0 Å². The minimum atomic E-state index is -0.0111. The summed E-state index contributed by atoms with van der Waals surface area (Å²) in [6.07, 6.45) is 7.83. The molecule has 2 aromatic carbocycles. The highest BCUT2D eigenvalue weighted by atomic mass is 32.2. The fourth-order valence-electron chi connectivity index (χ4n) is 4.88. The average molecular weight is 610 g/mol. The van der Waals surface area contributed by atoms with Gasteiger partial charge in [-0.1, -0.05) is 66.4 Å². The molecule has 0 spiro atoms. The maximum atomic E-state index is 13.2. The van der Waals surface area contributed by atoms with Crippen molar-refractivity contribution in [1.29, 1.82) is 0 Å². The molecule has 0 N–H and O–H groups in total. The van der Waals surface area contributed by atoms with Crippen molar-refractivity contribution in [2.24, 2.45) is 0 Å². The molecule has 1 aliphatic rings. The van der Waals surface area contributed by atoms with E-state index in [0.29, 0.717) is 41.3 Å². The second-order valence-electron chi connectivity index (χ2n) is 9.88. The lowest BCUT2D eigenvalue weighted by atomic mass is 10.2. The molecule has 5 aromatic rings. The van der Waals surface area contributed by atoms with Gasteiger partial charge in [0, 0.05) is 56.1 Å². The number of piperazine rings is 1. The number of methoxy groups -OCH3 is 1. The molecule has 4 heterocycles. The monoisotopic (exact) mass is 609 g/mol. The molecule has 0 unspecified atom stereocenters. The SMILES string of the molecule is COc1ccccc1-n1c(SCc2nc(C(=O)N3CCN(CC=Cc4ccccc4)CC3)cs2)nnc1-c1cccnc1. The Labute approximate surface area is 258 Å². The Kier molecular flexibility index (Phi) is 9.22. The number of aromatic nitrogens is 5. The lowest BCUT2D eigenvalue weighted by Crippen LogP contribution is -2.48. The van der Waals surface area contributed by atoms with Crippen LogP contribution in [0, 0.1) is 0 Å².